The molecular formula is C52H33N5O. The maximum Gasteiger partial charge on any atom is 0.263 e. The minimum atomic E-state index is -0.0508. The van der Waals surface area contributed by atoms with Crippen molar-refractivity contribution in [2.75, 3.05) is 4.90 Å². The van der Waals surface area contributed by atoms with Crippen molar-refractivity contribution in [1.29, 1.82) is 0 Å². The summed E-state index contributed by atoms with van der Waals surface area (Å²) in [6, 6.07) is 68.0. The van der Waals surface area contributed by atoms with Crippen LogP contribution in [-0.2, 0) is 0 Å². The Balaban J connectivity index is 1.21. The van der Waals surface area contributed by atoms with Crippen LogP contribution in [0.3, 0.4) is 0 Å². The van der Waals surface area contributed by atoms with Crippen LogP contribution in [0.15, 0.2) is 205 Å². The molecule has 6 nitrogen and oxygen atoms in total. The quantitative estimate of drug-likeness (QED) is 0.168. The van der Waals surface area contributed by atoms with Crippen LogP contribution in [0.2, 0.25) is 0 Å². The van der Waals surface area contributed by atoms with Crippen LogP contribution in [0.4, 0.5) is 17.1 Å². The van der Waals surface area contributed by atoms with Gasteiger partial charge < -0.3 is 4.90 Å². The van der Waals surface area contributed by atoms with E-state index in [2.05, 4.69) is 114 Å². The highest BCUT2D eigenvalue weighted by Crippen LogP contribution is 2.48. The summed E-state index contributed by atoms with van der Waals surface area (Å²) < 4.78 is 1.93. The SMILES string of the molecule is O=c1c2ccccc2c2cccc3c2n1-c1ccccc1-c1ccccc1N(c1cccc(-c2nc(-c4ccccc4)nc(-c4ccccc4)n2)c1)c1ccccc1-3. The molecule has 0 spiro atoms. The zero-order chi connectivity index (χ0) is 38.6. The molecule has 1 aliphatic rings. The van der Waals surface area contributed by atoms with Crippen LogP contribution in [0.1, 0.15) is 0 Å². The summed E-state index contributed by atoms with van der Waals surface area (Å²) in [5.41, 5.74) is 11.1. The number of hydrogen-bond donors (Lipinski definition) is 0. The van der Waals surface area contributed by atoms with Gasteiger partial charge in [-0.15, -0.1) is 0 Å². The summed E-state index contributed by atoms with van der Waals surface area (Å²) in [5, 5.41) is 2.63. The first-order chi connectivity index (χ1) is 28.7. The van der Waals surface area contributed by atoms with Crippen molar-refractivity contribution in [2.45, 2.75) is 0 Å². The molecule has 0 fully saturated rings. The standard InChI is InChI=1S/C52H33N5O/c58-52-44-27-8-7-23-38(44)42-28-16-29-43-41-26-11-13-31-46(41)56(45-30-12-9-24-39(45)40-25-10-14-32-47(40)57(52)48(42)43)37-22-15-21-36(33-37)51-54-49(34-17-3-1-4-18-34)53-50(55-51)35-19-5-2-6-20-35/h1-33H. The van der Waals surface area contributed by atoms with Gasteiger partial charge in [-0.1, -0.05) is 164 Å². The fourth-order valence-corrected chi connectivity index (χ4v) is 8.39. The van der Waals surface area contributed by atoms with E-state index in [-0.39, 0.29) is 5.56 Å². The Kier molecular flexibility index (Phi) is 7.86. The Morgan fingerprint density at radius 1 is 0.345 bits per heavy atom. The second kappa shape index (κ2) is 13.7. The third-order valence-corrected chi connectivity index (χ3v) is 11.0. The number of benzene rings is 8. The first kappa shape index (κ1) is 33.4. The topological polar surface area (TPSA) is 63.9 Å². The van der Waals surface area contributed by atoms with Crippen LogP contribution >= 0.6 is 0 Å². The van der Waals surface area contributed by atoms with Gasteiger partial charge in [-0.25, -0.2) is 15.0 Å². The minimum Gasteiger partial charge on any atom is -0.309 e. The van der Waals surface area contributed by atoms with E-state index in [1.165, 1.54) is 0 Å². The van der Waals surface area contributed by atoms with Gasteiger partial charge in [-0.3, -0.25) is 9.36 Å². The second-order valence-electron chi connectivity index (χ2n) is 14.4. The Bertz CT molecular complexity index is 3210. The van der Waals surface area contributed by atoms with Crippen LogP contribution in [0.25, 0.3) is 83.8 Å². The highest BCUT2D eigenvalue weighted by Gasteiger charge is 2.27. The van der Waals surface area contributed by atoms with Crippen LogP contribution in [0, 0.1) is 0 Å². The number of nitrogens with zero attached hydrogens (tertiary/aromatic N) is 5. The van der Waals surface area contributed by atoms with Crippen LogP contribution in [-0.4, -0.2) is 19.5 Å². The highest BCUT2D eigenvalue weighted by molar-refractivity contribution is 6.12. The van der Waals surface area contributed by atoms with E-state index in [0.717, 1.165) is 78.0 Å². The van der Waals surface area contributed by atoms with Gasteiger partial charge in [0.25, 0.3) is 5.56 Å². The van der Waals surface area contributed by atoms with Crippen molar-refractivity contribution in [2.24, 2.45) is 0 Å². The third-order valence-electron chi connectivity index (χ3n) is 11.0. The Morgan fingerprint density at radius 2 is 0.776 bits per heavy atom. The van der Waals surface area contributed by atoms with E-state index in [1.54, 1.807) is 0 Å². The second-order valence-corrected chi connectivity index (χ2v) is 14.4. The summed E-state index contributed by atoms with van der Waals surface area (Å²) >= 11 is 0. The molecule has 0 radical (unpaired) electrons. The monoisotopic (exact) mass is 743 g/mol. The van der Waals surface area contributed by atoms with Gasteiger partial charge in [0.1, 0.15) is 0 Å². The molecule has 2 aromatic heterocycles. The lowest BCUT2D eigenvalue weighted by atomic mass is 9.93. The van der Waals surface area contributed by atoms with Crippen molar-refractivity contribution in [3.63, 3.8) is 0 Å². The van der Waals surface area contributed by atoms with Crippen molar-refractivity contribution in [3.05, 3.63) is 211 Å². The molecule has 11 rings (SSSR count). The maximum absolute atomic E-state index is 14.8. The lowest BCUT2D eigenvalue weighted by molar-refractivity contribution is 1.06. The molecule has 0 unspecified atom stereocenters. The smallest absolute Gasteiger partial charge is 0.263 e. The van der Waals surface area contributed by atoms with Crippen molar-refractivity contribution < 1.29 is 0 Å². The maximum atomic E-state index is 14.8. The highest BCUT2D eigenvalue weighted by atomic mass is 16.1. The number of hydrogen-bond acceptors (Lipinski definition) is 5. The molecule has 10 aromatic rings. The summed E-state index contributed by atoms with van der Waals surface area (Å²) in [7, 11) is 0. The van der Waals surface area contributed by atoms with E-state index in [9.17, 15) is 4.79 Å². The third kappa shape index (κ3) is 5.42. The minimum absolute atomic E-state index is 0.0508. The van der Waals surface area contributed by atoms with Gasteiger partial charge in [0.05, 0.1) is 22.6 Å². The average Bonchev–Trinajstić information content (AvgIpc) is 3.30. The normalized spacial score (nSPS) is 11.8. The van der Waals surface area contributed by atoms with Gasteiger partial charge >= 0.3 is 0 Å². The summed E-state index contributed by atoms with van der Waals surface area (Å²) in [6.45, 7) is 0. The molecule has 0 saturated heterocycles. The van der Waals surface area contributed by atoms with Gasteiger partial charge in [-0.05, 0) is 41.8 Å². The molecule has 58 heavy (non-hydrogen) atoms. The lowest BCUT2D eigenvalue weighted by Crippen LogP contribution is -2.21. The molecule has 0 atom stereocenters. The predicted octanol–water partition coefficient (Wildman–Crippen LogP) is 12.4. The van der Waals surface area contributed by atoms with Gasteiger partial charge in [0, 0.05) is 55.4 Å². The van der Waals surface area contributed by atoms with Gasteiger partial charge in [0.15, 0.2) is 17.5 Å². The van der Waals surface area contributed by atoms with E-state index in [4.69, 9.17) is 15.0 Å². The molecule has 1 aliphatic heterocycles. The molecule has 0 saturated carbocycles. The molecule has 3 heterocycles. The zero-order valence-electron chi connectivity index (χ0n) is 31.2. The van der Waals surface area contributed by atoms with Crippen molar-refractivity contribution >= 4 is 38.7 Å². The summed E-state index contributed by atoms with van der Waals surface area (Å²) in [4.78, 5) is 32.3. The number of anilines is 3. The molecule has 0 bridgehead atoms. The van der Waals surface area contributed by atoms with Crippen molar-refractivity contribution in [1.82, 2.24) is 19.5 Å². The Labute approximate surface area is 334 Å². The van der Waals surface area contributed by atoms with E-state index in [0.29, 0.717) is 22.9 Å². The first-order valence-electron chi connectivity index (χ1n) is 19.3. The first-order valence-corrected chi connectivity index (χ1v) is 19.3. The summed E-state index contributed by atoms with van der Waals surface area (Å²) in [5.74, 6) is 1.79. The number of fused-ring (bicyclic) bond motifs is 8. The molecule has 0 amide bonds. The average molecular weight is 744 g/mol. The van der Waals surface area contributed by atoms with Crippen LogP contribution < -0.4 is 10.5 Å². The Hall–Kier alpha value is -7.96. The van der Waals surface area contributed by atoms with Crippen LogP contribution in [0.5, 0.6) is 0 Å². The molecule has 0 aliphatic carbocycles. The fourth-order valence-electron chi connectivity index (χ4n) is 8.39. The van der Waals surface area contributed by atoms with Crippen molar-refractivity contribution in [3.8, 4) is 62.1 Å². The molecule has 8 aromatic carbocycles. The molecule has 272 valence electrons. The number of para-hydroxylation sites is 4. The van der Waals surface area contributed by atoms with Gasteiger partial charge in [-0.2, -0.15) is 0 Å². The summed E-state index contributed by atoms with van der Waals surface area (Å²) in [6.07, 6.45) is 0. The largest absolute Gasteiger partial charge is 0.309 e. The lowest BCUT2D eigenvalue weighted by Gasteiger charge is -2.32. The zero-order valence-corrected chi connectivity index (χ0v) is 31.2. The fraction of sp³-hybridized carbons (Fsp3) is 0. The van der Waals surface area contributed by atoms with E-state index >= 15 is 0 Å². The number of pyridine rings is 1. The molecule has 6 heteroatoms. The van der Waals surface area contributed by atoms with Gasteiger partial charge in [0.2, 0.25) is 0 Å². The number of rotatable bonds is 4. The Morgan fingerprint density at radius 3 is 1.41 bits per heavy atom. The predicted molar refractivity (Wildman–Crippen MR) is 236 cm³/mol. The molecular weight excluding hydrogens is 711 g/mol. The van der Waals surface area contributed by atoms with E-state index in [1.807, 2.05) is 95.6 Å². The number of aromatic nitrogens is 4. The van der Waals surface area contributed by atoms with E-state index < -0.39 is 0 Å². The molecule has 0 N–H and O–H groups in total.